The summed E-state index contributed by atoms with van der Waals surface area (Å²) in [6.07, 6.45) is -4.78. The Labute approximate surface area is 257 Å². The summed E-state index contributed by atoms with van der Waals surface area (Å²) in [6.45, 7) is 15.8. The lowest BCUT2D eigenvalue weighted by atomic mass is 10.1. The molecule has 3 aliphatic heterocycles. The quantitative estimate of drug-likeness (QED) is 0.395. The van der Waals surface area contributed by atoms with Gasteiger partial charge in [0, 0.05) is 11.8 Å². The highest BCUT2D eigenvalue weighted by molar-refractivity contribution is 6.84. The number of hydrogen-bond acceptors (Lipinski definition) is 9. The highest BCUT2D eigenvalue weighted by atomic mass is 28.5. The summed E-state index contributed by atoms with van der Waals surface area (Å²) < 4.78 is 71.0. The minimum Gasteiger partial charge on any atom is -0.445 e. The van der Waals surface area contributed by atoms with E-state index in [1.54, 1.807) is 0 Å². The smallest absolute Gasteiger partial charge is 0.350 e. The molecule has 3 aliphatic rings. The number of benzene rings is 1. The van der Waals surface area contributed by atoms with Gasteiger partial charge in [-0.2, -0.15) is 13.8 Å². The third-order valence-corrected chi connectivity index (χ3v) is 18.9. The molecule has 1 aromatic heterocycles. The normalized spacial score (nSPS) is 27.0. The van der Waals surface area contributed by atoms with Gasteiger partial charge in [0.1, 0.15) is 17.9 Å². The van der Waals surface area contributed by atoms with Gasteiger partial charge in [0.05, 0.1) is 6.61 Å². The number of rotatable bonds is 7. The molecule has 2 N–H and O–H groups in total. The molecule has 0 saturated carbocycles. The Hall–Kier alpha value is -2.70. The maximum atomic E-state index is 16.4. The van der Waals surface area contributed by atoms with Crippen molar-refractivity contribution in [3.05, 3.63) is 52.2 Å². The van der Waals surface area contributed by atoms with Crippen molar-refractivity contribution < 1.29 is 40.8 Å². The molecule has 2 aromatic rings. The Morgan fingerprint density at radius 1 is 0.977 bits per heavy atom. The number of alkyl halides is 2. The van der Waals surface area contributed by atoms with Crippen molar-refractivity contribution in [2.24, 2.45) is 5.73 Å². The van der Waals surface area contributed by atoms with E-state index in [-0.39, 0.29) is 45.8 Å². The molecule has 0 bridgehead atoms. The van der Waals surface area contributed by atoms with Gasteiger partial charge in [-0.25, -0.2) is 4.79 Å². The zero-order valence-corrected chi connectivity index (χ0v) is 28.2. The molecule has 44 heavy (non-hydrogen) atoms. The van der Waals surface area contributed by atoms with Crippen LogP contribution < -0.4 is 20.9 Å². The van der Waals surface area contributed by atoms with E-state index in [9.17, 15) is 9.59 Å². The molecule has 1 unspecified atom stereocenters. The van der Waals surface area contributed by atoms with Crippen LogP contribution >= 0.6 is 0 Å². The summed E-state index contributed by atoms with van der Waals surface area (Å²) in [5, 5.41) is 0. The van der Waals surface area contributed by atoms with Crippen LogP contribution in [0.25, 0.3) is 0 Å². The number of ether oxygens (including phenoxy) is 3. The number of nitrogens with zero attached hydrogens (tertiary/aromatic N) is 2. The maximum Gasteiger partial charge on any atom is 0.350 e. The van der Waals surface area contributed by atoms with Gasteiger partial charge in [-0.05, 0) is 46.4 Å². The number of hydrogen-bond donors (Lipinski definition) is 1. The van der Waals surface area contributed by atoms with E-state index >= 15 is 8.78 Å². The first-order valence-electron chi connectivity index (χ1n) is 14.9. The van der Waals surface area contributed by atoms with Gasteiger partial charge >= 0.3 is 28.7 Å². The second-order valence-electron chi connectivity index (χ2n) is 12.9. The van der Waals surface area contributed by atoms with Crippen LogP contribution in [0, 0.1) is 0 Å². The number of nitrogens with two attached hydrogens (primary N) is 1. The van der Waals surface area contributed by atoms with Crippen LogP contribution in [0.1, 0.15) is 84.0 Å². The fourth-order valence-corrected chi connectivity index (χ4v) is 17.5. The molecule has 2 fully saturated rings. The van der Waals surface area contributed by atoms with Gasteiger partial charge in [0.25, 0.3) is 6.29 Å². The van der Waals surface area contributed by atoms with Gasteiger partial charge in [-0.1, -0.05) is 55.4 Å². The van der Waals surface area contributed by atoms with E-state index in [2.05, 4.69) is 4.98 Å². The highest BCUT2D eigenvalue weighted by Gasteiger charge is 2.67. The lowest BCUT2D eigenvalue weighted by Crippen LogP contribution is -2.66. The summed E-state index contributed by atoms with van der Waals surface area (Å²) in [7, 11) is -6.34. The zero-order chi connectivity index (χ0) is 32.4. The average molecular weight is 654 g/mol. The molecule has 1 aromatic carbocycles. The number of primary amides is 1. The van der Waals surface area contributed by atoms with Crippen LogP contribution in [-0.4, -0.2) is 57.3 Å². The van der Waals surface area contributed by atoms with Gasteiger partial charge in [-0.15, -0.1) is 0 Å². The van der Waals surface area contributed by atoms with Gasteiger partial charge < -0.3 is 32.9 Å². The topological polar surface area (TPSA) is 133 Å². The first-order valence-corrected chi connectivity index (χ1v) is 18.9. The number of carbonyl (C=O) groups excluding carboxylic acids is 1. The molecular weight excluding hydrogens is 613 g/mol. The Morgan fingerprint density at radius 2 is 1.59 bits per heavy atom. The van der Waals surface area contributed by atoms with Crippen LogP contribution in [-0.2, 0) is 17.7 Å². The predicted molar refractivity (Wildman–Crippen MR) is 160 cm³/mol. The Bertz CT molecular complexity index is 1450. The molecule has 15 heteroatoms. The highest BCUT2D eigenvalue weighted by Crippen LogP contribution is 2.52. The summed E-state index contributed by atoms with van der Waals surface area (Å²) in [6, 6.07) is 5.75. The van der Waals surface area contributed by atoms with Crippen molar-refractivity contribution in [1.29, 1.82) is 0 Å². The number of aromatic nitrogens is 2. The van der Waals surface area contributed by atoms with Crippen molar-refractivity contribution in [3.8, 4) is 11.5 Å². The average Bonchev–Trinajstić information content (AvgIpc) is 3.45. The minimum absolute atomic E-state index is 0.0256. The molecular formula is C29H41F2N3O8Si2. The Morgan fingerprint density at radius 3 is 2.16 bits per heavy atom. The van der Waals surface area contributed by atoms with Gasteiger partial charge in [0.2, 0.25) is 12.1 Å². The first-order chi connectivity index (χ1) is 20.5. The molecule has 0 spiro atoms. The Balaban J connectivity index is 1.46. The lowest BCUT2D eigenvalue weighted by Gasteiger charge is -2.51. The van der Waals surface area contributed by atoms with Crippen molar-refractivity contribution in [1.82, 2.24) is 9.55 Å². The van der Waals surface area contributed by atoms with E-state index in [0.717, 1.165) is 4.57 Å². The standard InChI is InChI=1S/C29H41F2N3O8Si2/c1-15(2)43(16(3)4)37-14-23-24(41-44(42-43,17(5)6)18(7)8)29(30,31)27(40-23)34-12-11-20(33-28(34)36)26-38-21-10-9-19(25(32)35)13-22(21)39-26/h9-13,15-18,23-24,26-27H,14H2,1-8H3,(H2,32,35)/t23-,24-,26?,27-/m1/s1. The van der Waals surface area contributed by atoms with Crippen LogP contribution in [0.5, 0.6) is 11.5 Å². The molecule has 4 heterocycles. The third kappa shape index (κ3) is 5.30. The largest absolute Gasteiger partial charge is 0.445 e. The fraction of sp³-hybridized carbons (Fsp3) is 0.621. The van der Waals surface area contributed by atoms with Crippen LogP contribution in [0.15, 0.2) is 35.3 Å². The van der Waals surface area contributed by atoms with E-state index < -0.39 is 59.4 Å². The monoisotopic (exact) mass is 653 g/mol. The number of amides is 1. The second-order valence-corrected chi connectivity index (χ2v) is 21.7. The molecule has 2 saturated heterocycles. The first kappa shape index (κ1) is 32.7. The second kappa shape index (κ2) is 11.6. The van der Waals surface area contributed by atoms with Crippen molar-refractivity contribution in [2.45, 2.75) is 108 Å². The molecule has 0 radical (unpaired) electrons. The van der Waals surface area contributed by atoms with E-state index in [0.29, 0.717) is 5.75 Å². The summed E-state index contributed by atoms with van der Waals surface area (Å²) >= 11 is 0. The van der Waals surface area contributed by atoms with Crippen molar-refractivity contribution >= 4 is 23.0 Å². The van der Waals surface area contributed by atoms with Crippen LogP contribution in [0.2, 0.25) is 22.2 Å². The Kier molecular flexibility index (Phi) is 8.61. The summed E-state index contributed by atoms with van der Waals surface area (Å²) in [5.41, 5.74) is 4.34. The molecule has 5 rings (SSSR count). The molecule has 0 aliphatic carbocycles. The van der Waals surface area contributed by atoms with E-state index in [1.165, 1.54) is 30.5 Å². The van der Waals surface area contributed by atoms with Gasteiger partial charge in [-0.3, -0.25) is 9.36 Å². The number of halogens is 2. The maximum absolute atomic E-state index is 16.4. The zero-order valence-electron chi connectivity index (χ0n) is 26.2. The predicted octanol–water partition coefficient (Wildman–Crippen LogP) is 5.30. The number of fused-ring (bicyclic) bond motifs is 2. The van der Waals surface area contributed by atoms with Gasteiger partial charge in [0.15, 0.2) is 11.5 Å². The summed E-state index contributed by atoms with van der Waals surface area (Å²) in [5.74, 6) is -3.71. The SMILES string of the molecule is CC(C)[Si]1(C(C)C)OC[C@H]2O[C@@H](n3ccc(C4Oc5ccc(C(N)=O)cc5O4)nc3=O)C(F)(F)[C@@H]2O[Si](C(C)C)(C(C)C)O1. The molecule has 11 nitrogen and oxygen atoms in total. The van der Waals surface area contributed by atoms with Crippen LogP contribution in [0.4, 0.5) is 8.78 Å². The molecule has 1 amide bonds. The van der Waals surface area contributed by atoms with E-state index in [4.69, 9.17) is 32.9 Å². The summed E-state index contributed by atoms with van der Waals surface area (Å²) in [4.78, 5) is 28.7. The van der Waals surface area contributed by atoms with E-state index in [1.807, 2.05) is 55.4 Å². The number of carbonyl (C=O) groups is 1. The van der Waals surface area contributed by atoms with Crippen molar-refractivity contribution in [3.63, 3.8) is 0 Å². The lowest BCUT2D eigenvalue weighted by molar-refractivity contribution is -0.140. The minimum atomic E-state index is -3.62. The third-order valence-electron chi connectivity index (χ3n) is 8.71. The van der Waals surface area contributed by atoms with Crippen LogP contribution in [0.3, 0.4) is 0 Å². The van der Waals surface area contributed by atoms with Crippen molar-refractivity contribution in [2.75, 3.05) is 6.61 Å². The fourth-order valence-electron chi connectivity index (χ4n) is 6.33. The molecule has 4 atom stereocenters. The molecule has 242 valence electrons.